The standard InChI is InChI=1S/C16H14N6O/c1-9-8-11(6-7-17-9)15-18-10(2)14-21-20-12-4-5-13(23-3)19-16(12)22(14)15/h4-8H,1-3H3. The van der Waals surface area contributed by atoms with Crippen LogP contribution in [0.1, 0.15) is 11.4 Å². The van der Waals surface area contributed by atoms with Crippen molar-refractivity contribution in [2.75, 3.05) is 7.11 Å². The number of aryl methyl sites for hydroxylation is 2. The average Bonchev–Trinajstić information content (AvgIpc) is 2.92. The summed E-state index contributed by atoms with van der Waals surface area (Å²) in [5.74, 6) is 1.29. The fraction of sp³-hybridized carbons (Fsp3) is 0.188. The molecule has 4 aromatic heterocycles. The van der Waals surface area contributed by atoms with Gasteiger partial charge in [-0.3, -0.25) is 9.38 Å². The second-order valence-electron chi connectivity index (χ2n) is 5.26. The zero-order valence-corrected chi connectivity index (χ0v) is 13.0. The number of imidazole rings is 1. The molecule has 7 heteroatoms. The highest BCUT2D eigenvalue weighted by molar-refractivity contribution is 5.77. The second-order valence-corrected chi connectivity index (χ2v) is 5.26. The Hall–Kier alpha value is -3.09. The van der Waals surface area contributed by atoms with Crippen LogP contribution in [0.4, 0.5) is 0 Å². The van der Waals surface area contributed by atoms with E-state index in [0.717, 1.165) is 22.8 Å². The first-order valence-electron chi connectivity index (χ1n) is 7.17. The molecule has 0 aliphatic carbocycles. The van der Waals surface area contributed by atoms with E-state index in [4.69, 9.17) is 4.74 Å². The predicted molar refractivity (Wildman–Crippen MR) is 85.3 cm³/mol. The fourth-order valence-electron chi connectivity index (χ4n) is 2.60. The summed E-state index contributed by atoms with van der Waals surface area (Å²) in [4.78, 5) is 13.4. The van der Waals surface area contributed by atoms with Gasteiger partial charge in [0, 0.05) is 23.5 Å². The van der Waals surface area contributed by atoms with Crippen LogP contribution in [-0.4, -0.2) is 36.7 Å². The molecule has 0 saturated carbocycles. The third-order valence-corrected chi connectivity index (χ3v) is 3.68. The van der Waals surface area contributed by atoms with Gasteiger partial charge in [0.25, 0.3) is 0 Å². The molecule has 0 atom stereocenters. The van der Waals surface area contributed by atoms with Gasteiger partial charge >= 0.3 is 0 Å². The van der Waals surface area contributed by atoms with E-state index in [1.54, 1.807) is 19.4 Å². The minimum Gasteiger partial charge on any atom is -0.481 e. The van der Waals surface area contributed by atoms with Gasteiger partial charge in [0.1, 0.15) is 11.3 Å². The van der Waals surface area contributed by atoms with Crippen LogP contribution in [0.15, 0.2) is 30.5 Å². The molecule has 23 heavy (non-hydrogen) atoms. The number of ether oxygens (including phenoxy) is 1. The van der Waals surface area contributed by atoms with Crippen LogP contribution in [-0.2, 0) is 0 Å². The molecule has 4 aromatic rings. The van der Waals surface area contributed by atoms with Crippen molar-refractivity contribution in [1.29, 1.82) is 0 Å². The highest BCUT2D eigenvalue weighted by atomic mass is 16.5. The molecule has 4 heterocycles. The zero-order chi connectivity index (χ0) is 16.0. The summed E-state index contributed by atoms with van der Waals surface area (Å²) in [6, 6.07) is 7.52. The molecule has 0 amide bonds. The van der Waals surface area contributed by atoms with Gasteiger partial charge < -0.3 is 4.74 Å². The summed E-state index contributed by atoms with van der Waals surface area (Å²) in [7, 11) is 1.59. The predicted octanol–water partition coefficient (Wildman–Crippen LogP) is 2.36. The summed E-state index contributed by atoms with van der Waals surface area (Å²) in [6.45, 7) is 3.86. The van der Waals surface area contributed by atoms with E-state index in [0.29, 0.717) is 22.7 Å². The van der Waals surface area contributed by atoms with Crippen LogP contribution in [0.5, 0.6) is 5.88 Å². The summed E-state index contributed by atoms with van der Waals surface area (Å²) in [6.07, 6.45) is 1.77. The monoisotopic (exact) mass is 306 g/mol. The highest BCUT2D eigenvalue weighted by Gasteiger charge is 2.16. The third kappa shape index (κ3) is 2.09. The van der Waals surface area contributed by atoms with Crippen LogP contribution in [0.3, 0.4) is 0 Å². The lowest BCUT2D eigenvalue weighted by atomic mass is 10.2. The maximum Gasteiger partial charge on any atom is 0.215 e. The van der Waals surface area contributed by atoms with Crippen molar-refractivity contribution in [1.82, 2.24) is 29.5 Å². The Morgan fingerprint density at radius 2 is 1.87 bits per heavy atom. The molecule has 0 fully saturated rings. The highest BCUT2D eigenvalue weighted by Crippen LogP contribution is 2.25. The number of hydrogen-bond donors (Lipinski definition) is 0. The first kappa shape index (κ1) is 13.6. The molecular formula is C16H14N6O. The van der Waals surface area contributed by atoms with E-state index in [1.807, 2.05) is 36.4 Å². The quantitative estimate of drug-likeness (QED) is 0.566. The molecule has 0 radical (unpaired) electrons. The molecule has 0 saturated heterocycles. The van der Waals surface area contributed by atoms with Crippen molar-refractivity contribution < 1.29 is 4.74 Å². The summed E-state index contributed by atoms with van der Waals surface area (Å²) < 4.78 is 7.15. The number of fused-ring (bicyclic) bond motifs is 3. The lowest BCUT2D eigenvalue weighted by Gasteiger charge is -2.06. The minimum absolute atomic E-state index is 0.523. The Morgan fingerprint density at radius 1 is 1.00 bits per heavy atom. The number of aromatic nitrogens is 6. The van der Waals surface area contributed by atoms with Gasteiger partial charge in [-0.2, -0.15) is 4.98 Å². The zero-order valence-electron chi connectivity index (χ0n) is 13.0. The Kier molecular flexibility index (Phi) is 2.94. The molecule has 0 aliphatic heterocycles. The van der Waals surface area contributed by atoms with Crippen LogP contribution in [0.25, 0.3) is 28.2 Å². The maximum absolute atomic E-state index is 5.24. The van der Waals surface area contributed by atoms with E-state index < -0.39 is 0 Å². The van der Waals surface area contributed by atoms with Gasteiger partial charge in [0.15, 0.2) is 11.3 Å². The Bertz CT molecular complexity index is 1040. The lowest BCUT2D eigenvalue weighted by molar-refractivity contribution is 0.399. The summed E-state index contributed by atoms with van der Waals surface area (Å²) in [5, 5.41) is 8.52. The number of nitrogens with zero attached hydrogens (tertiary/aromatic N) is 6. The van der Waals surface area contributed by atoms with Crippen molar-refractivity contribution in [3.05, 3.63) is 41.9 Å². The molecule has 4 rings (SSSR count). The average molecular weight is 306 g/mol. The maximum atomic E-state index is 5.24. The van der Waals surface area contributed by atoms with Gasteiger partial charge in [-0.1, -0.05) is 0 Å². The molecule has 0 unspecified atom stereocenters. The molecule has 114 valence electrons. The van der Waals surface area contributed by atoms with Crippen molar-refractivity contribution in [2.45, 2.75) is 13.8 Å². The Labute approximate surface area is 132 Å². The minimum atomic E-state index is 0.523. The molecule has 0 spiro atoms. The number of pyridine rings is 2. The number of rotatable bonds is 2. The molecule has 7 nitrogen and oxygen atoms in total. The van der Waals surface area contributed by atoms with E-state index >= 15 is 0 Å². The Morgan fingerprint density at radius 3 is 2.65 bits per heavy atom. The normalized spacial score (nSPS) is 11.3. The largest absolute Gasteiger partial charge is 0.481 e. The van der Waals surface area contributed by atoms with E-state index in [-0.39, 0.29) is 0 Å². The van der Waals surface area contributed by atoms with Crippen molar-refractivity contribution in [3.8, 4) is 17.3 Å². The molecule has 0 N–H and O–H groups in total. The number of hydrogen-bond acceptors (Lipinski definition) is 6. The van der Waals surface area contributed by atoms with Gasteiger partial charge in [-0.25, -0.2) is 4.98 Å². The van der Waals surface area contributed by atoms with Gasteiger partial charge in [-0.05, 0) is 32.0 Å². The van der Waals surface area contributed by atoms with E-state index in [1.165, 1.54) is 0 Å². The van der Waals surface area contributed by atoms with E-state index in [9.17, 15) is 0 Å². The summed E-state index contributed by atoms with van der Waals surface area (Å²) in [5.41, 5.74) is 4.71. The van der Waals surface area contributed by atoms with Gasteiger partial charge in [-0.15, -0.1) is 10.2 Å². The first-order valence-corrected chi connectivity index (χ1v) is 7.17. The molecule has 0 aromatic carbocycles. The second kappa shape index (κ2) is 4.98. The molecule has 0 bridgehead atoms. The van der Waals surface area contributed by atoms with Crippen LogP contribution in [0, 0.1) is 13.8 Å². The van der Waals surface area contributed by atoms with Gasteiger partial charge in [0.05, 0.1) is 12.8 Å². The lowest BCUT2D eigenvalue weighted by Crippen LogP contribution is -2.00. The first-order chi connectivity index (χ1) is 11.2. The summed E-state index contributed by atoms with van der Waals surface area (Å²) >= 11 is 0. The molecular weight excluding hydrogens is 292 g/mol. The number of methoxy groups -OCH3 is 1. The fourth-order valence-corrected chi connectivity index (χ4v) is 2.60. The smallest absolute Gasteiger partial charge is 0.215 e. The van der Waals surface area contributed by atoms with Crippen molar-refractivity contribution in [2.24, 2.45) is 0 Å². The van der Waals surface area contributed by atoms with Crippen molar-refractivity contribution >= 4 is 16.8 Å². The van der Waals surface area contributed by atoms with Crippen LogP contribution < -0.4 is 4.74 Å². The SMILES string of the molecule is COc1ccc2nnc3c(C)nc(-c4ccnc(C)c4)n3c2n1. The van der Waals surface area contributed by atoms with Crippen LogP contribution in [0.2, 0.25) is 0 Å². The van der Waals surface area contributed by atoms with Gasteiger partial charge in [0.2, 0.25) is 5.88 Å². The Balaban J connectivity index is 2.14. The van der Waals surface area contributed by atoms with Crippen LogP contribution >= 0.6 is 0 Å². The van der Waals surface area contributed by atoms with Crippen molar-refractivity contribution in [3.63, 3.8) is 0 Å². The van der Waals surface area contributed by atoms with E-state index in [2.05, 4.69) is 25.1 Å². The topological polar surface area (TPSA) is 78.1 Å². The third-order valence-electron chi connectivity index (χ3n) is 3.68. The molecule has 0 aliphatic rings.